The maximum absolute atomic E-state index is 13.4. The molecule has 1 aromatic rings. The van der Waals surface area contributed by atoms with Crippen LogP contribution in [0.25, 0.3) is 5.57 Å². The lowest BCUT2D eigenvalue weighted by Crippen LogP contribution is -2.29. The molecular weight excluding hydrogens is 214 g/mol. The van der Waals surface area contributed by atoms with E-state index in [0.29, 0.717) is 12.0 Å². The van der Waals surface area contributed by atoms with Crippen molar-refractivity contribution in [3.8, 4) is 0 Å². The average Bonchev–Trinajstić information content (AvgIpc) is 2.60. The molecule has 0 spiro atoms. The highest BCUT2D eigenvalue weighted by molar-refractivity contribution is 5.95. The van der Waals surface area contributed by atoms with E-state index in [1.54, 1.807) is 19.1 Å². The van der Waals surface area contributed by atoms with E-state index in [1.807, 2.05) is 6.07 Å². The Hall–Kier alpha value is -1.71. The van der Waals surface area contributed by atoms with Crippen LogP contribution in [0, 0.1) is 6.92 Å². The Balaban J connectivity index is 2.50. The zero-order valence-electron chi connectivity index (χ0n) is 8.63. The van der Waals surface area contributed by atoms with Gasteiger partial charge in [0.05, 0.1) is 0 Å². The lowest BCUT2D eigenvalue weighted by atomic mass is 9.99. The number of benzene rings is 1. The first-order valence-corrected chi connectivity index (χ1v) is 4.84. The van der Waals surface area contributed by atoms with Gasteiger partial charge in [-0.15, -0.1) is 0 Å². The maximum Gasteiger partial charge on any atom is 0.379 e. The van der Waals surface area contributed by atoms with E-state index in [0.717, 1.165) is 11.1 Å². The highest BCUT2D eigenvalue weighted by Crippen LogP contribution is 2.39. The van der Waals surface area contributed by atoms with Gasteiger partial charge in [0.25, 0.3) is 0 Å². The summed E-state index contributed by atoms with van der Waals surface area (Å²) in [4.78, 5) is 10.5. The summed E-state index contributed by atoms with van der Waals surface area (Å²) >= 11 is 0. The molecule has 84 valence electrons. The minimum absolute atomic E-state index is 0.354. The number of halogens is 2. The molecule has 1 aromatic carbocycles. The molecule has 1 aliphatic rings. The van der Waals surface area contributed by atoms with Crippen molar-refractivity contribution in [1.82, 2.24) is 0 Å². The van der Waals surface area contributed by atoms with Gasteiger partial charge in [-0.2, -0.15) is 8.78 Å². The third-order valence-electron chi connectivity index (χ3n) is 2.69. The number of aliphatic carboxylic acids is 1. The van der Waals surface area contributed by atoms with Crippen molar-refractivity contribution in [3.05, 3.63) is 41.0 Å². The van der Waals surface area contributed by atoms with Crippen molar-refractivity contribution in [2.45, 2.75) is 19.3 Å². The Morgan fingerprint density at radius 1 is 1.44 bits per heavy atom. The van der Waals surface area contributed by atoms with E-state index in [2.05, 4.69) is 0 Å². The molecule has 2 nitrogen and oxygen atoms in total. The molecule has 0 radical (unpaired) electrons. The summed E-state index contributed by atoms with van der Waals surface area (Å²) in [6, 6.07) is 5.19. The van der Waals surface area contributed by atoms with Gasteiger partial charge in [0.1, 0.15) is 0 Å². The number of hydrogen-bond donors (Lipinski definition) is 1. The third kappa shape index (κ3) is 1.50. The van der Waals surface area contributed by atoms with Crippen LogP contribution >= 0.6 is 0 Å². The minimum atomic E-state index is -3.81. The number of aryl methyl sites for hydroxylation is 1. The summed E-state index contributed by atoms with van der Waals surface area (Å²) in [6.07, 6.45) is 1.66. The maximum atomic E-state index is 13.4. The summed E-state index contributed by atoms with van der Waals surface area (Å²) in [5.74, 6) is -5.91. The fourth-order valence-electron chi connectivity index (χ4n) is 1.85. The molecule has 1 aliphatic carbocycles. The van der Waals surface area contributed by atoms with Crippen LogP contribution in [0.2, 0.25) is 0 Å². The molecular formula is C12H10F2O2. The van der Waals surface area contributed by atoms with Crippen molar-refractivity contribution in [3.63, 3.8) is 0 Å². The molecule has 0 amide bonds. The number of alkyl halides is 2. The summed E-state index contributed by atoms with van der Waals surface area (Å²) < 4.78 is 26.8. The van der Waals surface area contributed by atoms with Gasteiger partial charge in [-0.25, -0.2) is 4.79 Å². The molecule has 2 rings (SSSR count). The SMILES string of the molecule is Cc1ccc2c(c1)C(C(F)(F)C(=O)O)=CC2. The van der Waals surface area contributed by atoms with Crippen LogP contribution in [-0.4, -0.2) is 17.0 Å². The number of carboxylic acid groups (broad SMARTS) is 1. The first-order valence-electron chi connectivity index (χ1n) is 4.84. The summed E-state index contributed by atoms with van der Waals surface area (Å²) in [5.41, 5.74) is 1.56. The van der Waals surface area contributed by atoms with Crippen LogP contribution in [0.15, 0.2) is 24.3 Å². The van der Waals surface area contributed by atoms with Gasteiger partial charge < -0.3 is 5.11 Å². The smallest absolute Gasteiger partial charge is 0.379 e. The molecule has 0 bridgehead atoms. The second kappa shape index (κ2) is 3.40. The molecule has 0 saturated carbocycles. The van der Waals surface area contributed by atoms with Crippen LogP contribution in [0.5, 0.6) is 0 Å². The Bertz CT molecular complexity index is 490. The number of fused-ring (bicyclic) bond motifs is 1. The molecule has 0 saturated heterocycles. The highest BCUT2D eigenvalue weighted by Gasteiger charge is 2.45. The van der Waals surface area contributed by atoms with Crippen LogP contribution < -0.4 is 0 Å². The second-order valence-electron chi connectivity index (χ2n) is 3.86. The Labute approximate surface area is 91.2 Å². The number of rotatable bonds is 2. The van der Waals surface area contributed by atoms with Crippen LogP contribution in [0.4, 0.5) is 8.78 Å². The van der Waals surface area contributed by atoms with E-state index < -0.39 is 17.5 Å². The average molecular weight is 224 g/mol. The third-order valence-corrected chi connectivity index (χ3v) is 2.69. The molecule has 0 atom stereocenters. The van der Waals surface area contributed by atoms with Gasteiger partial charge in [0.2, 0.25) is 0 Å². The number of carboxylic acids is 1. The lowest BCUT2D eigenvalue weighted by Gasteiger charge is -2.14. The summed E-state index contributed by atoms with van der Waals surface area (Å²) in [6.45, 7) is 1.79. The second-order valence-corrected chi connectivity index (χ2v) is 3.86. The molecule has 1 N–H and O–H groups in total. The lowest BCUT2D eigenvalue weighted by molar-refractivity contribution is -0.156. The molecule has 0 aromatic heterocycles. The Morgan fingerprint density at radius 3 is 2.75 bits per heavy atom. The van der Waals surface area contributed by atoms with Gasteiger partial charge in [-0.1, -0.05) is 29.8 Å². The Morgan fingerprint density at radius 2 is 2.12 bits per heavy atom. The van der Waals surface area contributed by atoms with Gasteiger partial charge in [-0.3, -0.25) is 0 Å². The molecule has 0 unspecified atom stereocenters. The first kappa shape index (κ1) is 10.8. The number of carbonyl (C=O) groups is 1. The topological polar surface area (TPSA) is 37.3 Å². The predicted molar refractivity (Wildman–Crippen MR) is 55.4 cm³/mol. The van der Waals surface area contributed by atoms with E-state index in [4.69, 9.17) is 5.11 Å². The van der Waals surface area contributed by atoms with Gasteiger partial charge >= 0.3 is 11.9 Å². The molecule has 4 heteroatoms. The van der Waals surface area contributed by atoms with Gasteiger partial charge in [0.15, 0.2) is 0 Å². The fraction of sp³-hybridized carbons (Fsp3) is 0.250. The van der Waals surface area contributed by atoms with E-state index in [-0.39, 0.29) is 0 Å². The van der Waals surface area contributed by atoms with E-state index in [1.165, 1.54) is 6.08 Å². The normalized spacial score (nSPS) is 14.6. The fourth-order valence-corrected chi connectivity index (χ4v) is 1.85. The van der Waals surface area contributed by atoms with E-state index >= 15 is 0 Å². The summed E-state index contributed by atoms with van der Waals surface area (Å²) in [5, 5.41) is 8.51. The number of allylic oxidation sites excluding steroid dienone is 1. The van der Waals surface area contributed by atoms with Crippen molar-refractivity contribution < 1.29 is 18.7 Å². The van der Waals surface area contributed by atoms with Crippen LogP contribution in [0.1, 0.15) is 16.7 Å². The quantitative estimate of drug-likeness (QED) is 0.838. The van der Waals surface area contributed by atoms with E-state index in [9.17, 15) is 13.6 Å². The van der Waals surface area contributed by atoms with Crippen molar-refractivity contribution in [2.75, 3.05) is 0 Å². The minimum Gasteiger partial charge on any atom is -0.477 e. The number of hydrogen-bond acceptors (Lipinski definition) is 1. The zero-order valence-corrected chi connectivity index (χ0v) is 8.63. The predicted octanol–water partition coefficient (Wildman–Crippen LogP) is 2.65. The monoisotopic (exact) mass is 224 g/mol. The first-order chi connectivity index (χ1) is 7.43. The molecule has 0 heterocycles. The van der Waals surface area contributed by atoms with Crippen LogP contribution in [-0.2, 0) is 11.2 Å². The zero-order chi connectivity index (χ0) is 11.9. The summed E-state index contributed by atoms with van der Waals surface area (Å²) in [7, 11) is 0. The van der Waals surface area contributed by atoms with Crippen molar-refractivity contribution in [1.29, 1.82) is 0 Å². The van der Waals surface area contributed by atoms with Crippen molar-refractivity contribution in [2.24, 2.45) is 0 Å². The molecule has 0 aliphatic heterocycles. The van der Waals surface area contributed by atoms with Gasteiger partial charge in [0, 0.05) is 5.57 Å². The van der Waals surface area contributed by atoms with Gasteiger partial charge in [-0.05, 0) is 24.5 Å². The van der Waals surface area contributed by atoms with Crippen molar-refractivity contribution >= 4 is 11.5 Å². The van der Waals surface area contributed by atoms with Crippen LogP contribution in [0.3, 0.4) is 0 Å². The largest absolute Gasteiger partial charge is 0.477 e. The Kier molecular flexibility index (Phi) is 2.30. The molecule has 16 heavy (non-hydrogen) atoms. The highest BCUT2D eigenvalue weighted by atomic mass is 19.3. The molecule has 0 fully saturated rings. The standard InChI is InChI=1S/C12H10F2O2/c1-7-2-3-8-4-5-10(9(8)6-7)12(13,14)11(15)16/h2-3,5-6H,4H2,1H3,(H,15,16).